The smallest absolute Gasteiger partial charge is 0.154 e. The molecule has 0 atom stereocenters. The van der Waals surface area contributed by atoms with E-state index in [1.165, 1.54) is 17.7 Å². The summed E-state index contributed by atoms with van der Waals surface area (Å²) in [6.07, 6.45) is 12.2. The Morgan fingerprint density at radius 3 is 2.77 bits per heavy atom. The number of aliphatic imine (C=N–C) groups is 2. The molecule has 1 aromatic carbocycles. The summed E-state index contributed by atoms with van der Waals surface area (Å²) in [6, 6.07) is 8.46. The predicted octanol–water partition coefficient (Wildman–Crippen LogP) is 4.96. The number of hydrogen-bond donors (Lipinski definition) is 0. The zero-order valence-electron chi connectivity index (χ0n) is 18.4. The molecule has 2 heterocycles. The molecule has 0 radical (unpaired) electrons. The minimum atomic E-state index is 0.624. The maximum Gasteiger partial charge on any atom is 0.154 e. The van der Waals surface area contributed by atoms with Crippen LogP contribution in [0.1, 0.15) is 44.7 Å². The van der Waals surface area contributed by atoms with Gasteiger partial charge >= 0.3 is 0 Å². The van der Waals surface area contributed by atoms with Crippen molar-refractivity contribution in [2.45, 2.75) is 40.2 Å². The van der Waals surface area contributed by atoms with Gasteiger partial charge in [0.05, 0.1) is 5.71 Å². The molecular weight excluding hydrogens is 406 g/mol. The zero-order chi connectivity index (χ0) is 22.1. The predicted molar refractivity (Wildman–Crippen MR) is 131 cm³/mol. The second-order valence-corrected chi connectivity index (χ2v) is 8.04. The summed E-state index contributed by atoms with van der Waals surface area (Å²) in [5, 5.41) is 0. The lowest BCUT2D eigenvalue weighted by Crippen LogP contribution is -2.24. The van der Waals surface area contributed by atoms with Crippen LogP contribution in [0.2, 0.25) is 0 Å². The van der Waals surface area contributed by atoms with Crippen LogP contribution in [0.5, 0.6) is 0 Å². The summed E-state index contributed by atoms with van der Waals surface area (Å²) in [5.74, 6) is 1.65. The molecule has 0 amide bonds. The van der Waals surface area contributed by atoms with E-state index in [2.05, 4.69) is 45.5 Å². The van der Waals surface area contributed by atoms with Crippen LogP contribution < -0.4 is 0 Å². The Kier molecular flexibility index (Phi) is 8.55. The number of carbonyl (C=O) groups excluding carboxylic acids is 1. The van der Waals surface area contributed by atoms with Gasteiger partial charge in [0.1, 0.15) is 24.2 Å². The number of nitrogens with zero attached hydrogens (tertiary/aromatic N) is 5. The molecule has 0 fully saturated rings. The van der Waals surface area contributed by atoms with Crippen molar-refractivity contribution < 1.29 is 4.79 Å². The molecule has 0 aromatic heterocycles. The highest BCUT2D eigenvalue weighted by Crippen LogP contribution is 2.34. The van der Waals surface area contributed by atoms with E-state index < -0.39 is 0 Å². The zero-order valence-corrected chi connectivity index (χ0v) is 19.2. The molecule has 6 nitrogen and oxygen atoms in total. The average molecular weight is 436 g/mol. The molecule has 0 spiro atoms. The Bertz CT molecular complexity index is 957. The van der Waals surface area contributed by atoms with Crippen molar-refractivity contribution in [2.75, 3.05) is 13.1 Å². The monoisotopic (exact) mass is 435 g/mol. The summed E-state index contributed by atoms with van der Waals surface area (Å²) in [5.41, 5.74) is 4.18. The molecule has 0 saturated carbocycles. The number of aldehydes is 1. The fourth-order valence-corrected chi connectivity index (χ4v) is 3.92. The van der Waals surface area contributed by atoms with Crippen LogP contribution in [0.3, 0.4) is 0 Å². The number of benzene rings is 1. The minimum Gasteiger partial charge on any atom is -0.303 e. The van der Waals surface area contributed by atoms with Gasteiger partial charge in [-0.25, -0.2) is 14.3 Å². The van der Waals surface area contributed by atoms with E-state index in [9.17, 15) is 4.79 Å². The molecule has 0 aliphatic carbocycles. The Morgan fingerprint density at radius 1 is 1.26 bits per heavy atom. The van der Waals surface area contributed by atoms with Crippen molar-refractivity contribution >= 4 is 36.6 Å². The van der Waals surface area contributed by atoms with Gasteiger partial charge in [-0.15, -0.1) is 0 Å². The molecule has 0 N–H and O–H groups in total. The third-order valence-corrected chi connectivity index (χ3v) is 5.80. The largest absolute Gasteiger partial charge is 0.303 e. The van der Waals surface area contributed by atoms with Crippen LogP contribution in [0, 0.1) is 0 Å². The van der Waals surface area contributed by atoms with E-state index in [4.69, 9.17) is 4.99 Å². The number of allylic oxidation sites excluding steroid dienone is 4. The first-order chi connectivity index (χ1) is 15.1. The van der Waals surface area contributed by atoms with Crippen LogP contribution >= 0.6 is 12.1 Å². The highest BCUT2D eigenvalue weighted by Gasteiger charge is 2.23. The van der Waals surface area contributed by atoms with E-state index in [0.717, 1.165) is 60.8 Å². The Balaban J connectivity index is 1.72. The SMILES string of the molecule is C/C=C/C1=C(/N=C/c2ccc(CN(CC)CCCC=O)cc2)N2SN=C(C)C=C2N=C1. The second-order valence-electron chi connectivity index (χ2n) is 7.33. The number of unbranched alkanes of at least 4 members (excludes halogenated alkanes) is 1. The van der Waals surface area contributed by atoms with Gasteiger partial charge in [-0.3, -0.25) is 4.90 Å². The van der Waals surface area contributed by atoms with Crippen molar-refractivity contribution in [1.29, 1.82) is 0 Å². The number of hydrogen-bond acceptors (Lipinski definition) is 7. The third kappa shape index (κ3) is 6.35. The standard InChI is InChI=1S/C24H29N5OS/c1-4-8-22-17-25-23-15-19(3)27-31-29(23)24(22)26-16-20-9-11-21(12-10-20)18-28(5-2)13-6-7-14-30/h4,8-12,14-17H,5-7,13,18H2,1-3H3/b8-4+,26-16+. The van der Waals surface area contributed by atoms with Crippen molar-refractivity contribution in [3.05, 3.63) is 70.8 Å². The number of fused-ring (bicyclic) bond motifs is 1. The average Bonchev–Trinajstić information content (AvgIpc) is 2.78. The summed E-state index contributed by atoms with van der Waals surface area (Å²) >= 11 is 1.35. The van der Waals surface area contributed by atoms with Gasteiger partial charge in [-0.1, -0.05) is 43.3 Å². The minimum absolute atomic E-state index is 0.624. The number of carbonyl (C=O) groups is 1. The van der Waals surface area contributed by atoms with E-state index in [1.54, 1.807) is 0 Å². The van der Waals surface area contributed by atoms with Gasteiger partial charge in [0.25, 0.3) is 0 Å². The van der Waals surface area contributed by atoms with Crippen molar-refractivity contribution in [2.24, 2.45) is 14.4 Å². The molecule has 7 heteroatoms. The van der Waals surface area contributed by atoms with Crippen LogP contribution in [0.15, 0.2) is 74.1 Å². The molecule has 2 aliphatic rings. The van der Waals surface area contributed by atoms with E-state index in [0.29, 0.717) is 6.42 Å². The van der Waals surface area contributed by atoms with Crippen LogP contribution in [0.4, 0.5) is 0 Å². The van der Waals surface area contributed by atoms with Crippen LogP contribution in [-0.2, 0) is 11.3 Å². The fraction of sp³-hybridized carbons (Fsp3) is 0.333. The van der Waals surface area contributed by atoms with E-state index in [-0.39, 0.29) is 0 Å². The number of rotatable bonds is 10. The summed E-state index contributed by atoms with van der Waals surface area (Å²) in [4.78, 5) is 22.2. The Morgan fingerprint density at radius 2 is 2.06 bits per heavy atom. The molecule has 3 rings (SSSR count). The summed E-state index contributed by atoms with van der Waals surface area (Å²) < 4.78 is 6.39. The van der Waals surface area contributed by atoms with Gasteiger partial charge < -0.3 is 4.79 Å². The highest BCUT2D eigenvalue weighted by atomic mass is 32.2. The first-order valence-corrected chi connectivity index (χ1v) is 11.3. The molecule has 2 aliphatic heterocycles. The maximum atomic E-state index is 10.5. The fourth-order valence-electron chi connectivity index (χ4n) is 3.24. The Hall–Kier alpha value is -2.77. The lowest BCUT2D eigenvalue weighted by molar-refractivity contribution is -0.108. The van der Waals surface area contributed by atoms with Crippen molar-refractivity contribution in [1.82, 2.24) is 9.21 Å². The van der Waals surface area contributed by atoms with Crippen LogP contribution in [-0.4, -0.2) is 46.7 Å². The quantitative estimate of drug-likeness (QED) is 0.226. The van der Waals surface area contributed by atoms with Gasteiger partial charge in [0, 0.05) is 37.0 Å². The van der Waals surface area contributed by atoms with Crippen LogP contribution in [0.25, 0.3) is 0 Å². The van der Waals surface area contributed by atoms with Gasteiger partial charge in [0.2, 0.25) is 0 Å². The maximum absolute atomic E-state index is 10.5. The highest BCUT2D eigenvalue weighted by molar-refractivity contribution is 7.96. The molecule has 1 aromatic rings. The van der Waals surface area contributed by atoms with Gasteiger partial charge in [0.15, 0.2) is 5.82 Å². The summed E-state index contributed by atoms with van der Waals surface area (Å²) in [7, 11) is 0. The molecule has 162 valence electrons. The second kappa shape index (κ2) is 11.6. The van der Waals surface area contributed by atoms with Gasteiger partial charge in [-0.2, -0.15) is 4.40 Å². The van der Waals surface area contributed by atoms with Crippen molar-refractivity contribution in [3.63, 3.8) is 0 Å². The molecular formula is C24H29N5OS. The van der Waals surface area contributed by atoms with E-state index in [1.807, 2.05) is 48.8 Å². The first-order valence-electron chi connectivity index (χ1n) is 10.6. The normalized spacial score (nSPS) is 16.3. The molecule has 0 saturated heterocycles. The molecule has 31 heavy (non-hydrogen) atoms. The van der Waals surface area contributed by atoms with Crippen molar-refractivity contribution in [3.8, 4) is 0 Å². The lowest BCUT2D eigenvalue weighted by Gasteiger charge is -2.27. The lowest BCUT2D eigenvalue weighted by atomic mass is 10.1. The third-order valence-electron chi connectivity index (χ3n) is 4.91. The summed E-state index contributed by atoms with van der Waals surface area (Å²) in [6.45, 7) is 8.89. The topological polar surface area (TPSA) is 60.6 Å². The Labute approximate surface area is 189 Å². The van der Waals surface area contributed by atoms with E-state index >= 15 is 0 Å². The molecule has 0 unspecified atom stereocenters. The molecule has 0 bridgehead atoms. The van der Waals surface area contributed by atoms with Gasteiger partial charge in [-0.05, 0) is 44.5 Å². The first kappa shape index (κ1) is 22.9.